The van der Waals surface area contributed by atoms with Gasteiger partial charge in [0, 0.05) is 42.6 Å². The van der Waals surface area contributed by atoms with E-state index in [0.717, 1.165) is 32.6 Å². The molecule has 2 aliphatic carbocycles. The number of hydrogen-bond donors (Lipinski definition) is 0. The van der Waals surface area contributed by atoms with Gasteiger partial charge in [-0.05, 0) is 103 Å². The molecule has 0 aliphatic heterocycles. The summed E-state index contributed by atoms with van der Waals surface area (Å²) in [5.41, 5.74) is 13.2. The Kier molecular flexibility index (Phi) is 7.65. The molecule has 0 heterocycles. The largest absolute Gasteiger partial charge is 0.372 e. The maximum absolute atomic E-state index is 2.56. The molecule has 4 aromatic carbocycles. The quantitative estimate of drug-likeness (QED) is 0.190. The van der Waals surface area contributed by atoms with Crippen molar-refractivity contribution >= 4 is 28.6 Å². The summed E-state index contributed by atoms with van der Waals surface area (Å²) in [6.45, 7) is 13.0. The van der Waals surface area contributed by atoms with Crippen molar-refractivity contribution in [1.82, 2.24) is 0 Å². The first-order valence-corrected chi connectivity index (χ1v) is 15.2. The zero-order valence-electron chi connectivity index (χ0n) is 24.8. The van der Waals surface area contributed by atoms with Gasteiger partial charge in [0.25, 0.3) is 0 Å². The average Bonchev–Trinajstić information content (AvgIpc) is 3.68. The number of hydrogen-bond acceptors (Lipinski definition) is 2. The van der Waals surface area contributed by atoms with Crippen LogP contribution in [0.1, 0.15) is 56.4 Å². The second kappa shape index (κ2) is 11.7. The van der Waals surface area contributed by atoms with Gasteiger partial charge in [0.1, 0.15) is 0 Å². The normalized spacial score (nSPS) is 12.9. The number of benzene rings is 4. The van der Waals surface area contributed by atoms with Gasteiger partial charge < -0.3 is 9.80 Å². The van der Waals surface area contributed by atoms with Gasteiger partial charge in [-0.1, -0.05) is 85.0 Å². The fourth-order valence-electron chi connectivity index (χ4n) is 6.62. The van der Waals surface area contributed by atoms with Crippen molar-refractivity contribution in [3.05, 3.63) is 136 Å². The van der Waals surface area contributed by atoms with E-state index in [0.29, 0.717) is 0 Å². The Morgan fingerprint density at radius 3 is 1.88 bits per heavy atom. The molecule has 0 amide bonds. The summed E-state index contributed by atoms with van der Waals surface area (Å²) in [6.07, 6.45) is 10.3. The fraction of sp³-hybridized carbons (Fsp3) is 0.231. The van der Waals surface area contributed by atoms with E-state index >= 15 is 0 Å². The number of anilines is 2. The van der Waals surface area contributed by atoms with Gasteiger partial charge in [0.15, 0.2) is 0 Å². The predicted octanol–water partition coefficient (Wildman–Crippen LogP) is 7.78. The molecule has 206 valence electrons. The van der Waals surface area contributed by atoms with E-state index in [1.54, 1.807) is 0 Å². The van der Waals surface area contributed by atoms with Gasteiger partial charge in [0.05, 0.1) is 5.69 Å². The van der Waals surface area contributed by atoms with E-state index in [1.165, 1.54) is 66.3 Å². The van der Waals surface area contributed by atoms with Crippen LogP contribution in [0.2, 0.25) is 0 Å². The first-order valence-electron chi connectivity index (χ1n) is 15.2. The van der Waals surface area contributed by atoms with E-state index in [2.05, 4.69) is 147 Å². The highest BCUT2D eigenvalue weighted by Crippen LogP contribution is 2.36. The Balaban J connectivity index is 1.78. The lowest BCUT2D eigenvalue weighted by Crippen LogP contribution is -2.33. The predicted molar refractivity (Wildman–Crippen MR) is 178 cm³/mol. The Morgan fingerprint density at radius 1 is 0.683 bits per heavy atom. The molecule has 4 aromatic rings. The third kappa shape index (κ3) is 4.82. The molecule has 0 N–H and O–H groups in total. The first kappa shape index (κ1) is 26.9. The molecule has 0 radical (unpaired) electrons. The monoisotopic (exact) mass is 536 g/mol. The highest BCUT2D eigenvalue weighted by Gasteiger charge is 2.25. The van der Waals surface area contributed by atoms with Crippen molar-refractivity contribution in [2.24, 2.45) is 0 Å². The van der Waals surface area contributed by atoms with Crippen LogP contribution in [0.4, 0.5) is 11.4 Å². The van der Waals surface area contributed by atoms with E-state index in [-0.39, 0.29) is 0 Å². The van der Waals surface area contributed by atoms with Crippen molar-refractivity contribution in [3.63, 3.8) is 0 Å². The Bertz CT molecular complexity index is 1690. The van der Waals surface area contributed by atoms with Crippen LogP contribution >= 0.6 is 0 Å². The second-order valence-corrected chi connectivity index (χ2v) is 10.8. The minimum absolute atomic E-state index is 0.950. The van der Waals surface area contributed by atoms with Crippen LogP contribution in [-0.2, 0) is 0 Å². The van der Waals surface area contributed by atoms with Crippen molar-refractivity contribution in [3.8, 4) is 11.1 Å². The maximum atomic E-state index is 2.56. The summed E-state index contributed by atoms with van der Waals surface area (Å²) < 4.78 is 0. The average molecular weight is 537 g/mol. The van der Waals surface area contributed by atoms with Crippen molar-refractivity contribution in [1.29, 1.82) is 0 Å². The van der Waals surface area contributed by atoms with Crippen LogP contribution in [0, 0.1) is 0 Å². The summed E-state index contributed by atoms with van der Waals surface area (Å²) in [5, 5.41) is 2.67. The topological polar surface area (TPSA) is 6.48 Å². The lowest BCUT2D eigenvalue weighted by Gasteiger charge is -2.28. The molecule has 0 bridgehead atoms. The number of rotatable bonds is 9. The van der Waals surface area contributed by atoms with Gasteiger partial charge in [-0.3, -0.25) is 0 Å². The van der Waals surface area contributed by atoms with E-state index in [1.807, 2.05) is 0 Å². The number of allylic oxidation sites excluding steroid dienone is 4. The zero-order valence-corrected chi connectivity index (χ0v) is 24.8. The second-order valence-electron chi connectivity index (χ2n) is 10.8. The molecular weight excluding hydrogens is 496 g/mol. The molecule has 2 aliphatic rings. The number of nitrogens with zero attached hydrogens (tertiary/aromatic N) is 2. The first-order chi connectivity index (χ1) is 20.2. The molecular formula is C39H40N2. The van der Waals surface area contributed by atoms with Gasteiger partial charge >= 0.3 is 0 Å². The van der Waals surface area contributed by atoms with Gasteiger partial charge in [-0.25, -0.2) is 0 Å². The third-order valence-corrected chi connectivity index (χ3v) is 8.66. The zero-order chi connectivity index (χ0) is 28.3. The SMILES string of the molecule is CCN(CC)c1ccc2c(c1)C=c1c-2cc(=C(c2ccccc2)c2ccccc2)c(N(CC)CC)c1C1=CC=CC1. The summed E-state index contributed by atoms with van der Waals surface area (Å²) in [4.78, 5) is 5.00. The molecule has 6 rings (SSSR count). The van der Waals surface area contributed by atoms with Crippen LogP contribution in [-0.4, -0.2) is 26.2 Å². The molecule has 2 heteroatoms. The Labute approximate surface area is 245 Å². The highest BCUT2D eigenvalue weighted by molar-refractivity contribution is 5.95. The van der Waals surface area contributed by atoms with E-state index < -0.39 is 0 Å². The van der Waals surface area contributed by atoms with Crippen LogP contribution in [0.5, 0.6) is 0 Å². The maximum Gasteiger partial charge on any atom is 0.0529 e. The lowest BCUT2D eigenvalue weighted by molar-refractivity contribution is 0.859. The van der Waals surface area contributed by atoms with Gasteiger partial charge in [-0.15, -0.1) is 0 Å². The van der Waals surface area contributed by atoms with Crippen molar-refractivity contribution in [2.45, 2.75) is 34.1 Å². The van der Waals surface area contributed by atoms with E-state index in [4.69, 9.17) is 0 Å². The van der Waals surface area contributed by atoms with Crippen molar-refractivity contribution < 1.29 is 0 Å². The van der Waals surface area contributed by atoms with E-state index in [9.17, 15) is 0 Å². The standard InChI is InChI=1S/C39H40N2/c1-5-40(6-2)32-23-24-33-31(25-32)26-35-34(33)27-36(39(41(7-3)8-4)38(35)30-21-15-16-22-30)37(28-17-11-9-12-18-28)29-19-13-10-14-20-29/h9-21,23-27H,5-8,22H2,1-4H3. The molecule has 2 nitrogen and oxygen atoms in total. The molecule has 41 heavy (non-hydrogen) atoms. The highest BCUT2D eigenvalue weighted by atomic mass is 15.1. The molecule has 0 saturated heterocycles. The summed E-state index contributed by atoms with van der Waals surface area (Å²) >= 11 is 0. The minimum atomic E-state index is 0.950. The summed E-state index contributed by atoms with van der Waals surface area (Å²) in [7, 11) is 0. The Morgan fingerprint density at radius 2 is 1.32 bits per heavy atom. The molecule has 0 atom stereocenters. The minimum Gasteiger partial charge on any atom is -0.372 e. The Hall–Kier alpha value is -4.30. The third-order valence-electron chi connectivity index (χ3n) is 8.66. The summed E-state index contributed by atoms with van der Waals surface area (Å²) in [6, 6.07) is 31.4. The van der Waals surface area contributed by atoms with Crippen LogP contribution in [0.3, 0.4) is 0 Å². The summed E-state index contributed by atoms with van der Waals surface area (Å²) in [5.74, 6) is 0. The molecule has 0 spiro atoms. The van der Waals surface area contributed by atoms with Gasteiger partial charge in [-0.2, -0.15) is 0 Å². The van der Waals surface area contributed by atoms with Crippen LogP contribution < -0.4 is 20.2 Å². The molecule has 0 aromatic heterocycles. The van der Waals surface area contributed by atoms with Crippen LogP contribution in [0.15, 0.2) is 103 Å². The fourth-order valence-corrected chi connectivity index (χ4v) is 6.62. The molecule has 0 unspecified atom stereocenters. The van der Waals surface area contributed by atoms with Gasteiger partial charge in [0.2, 0.25) is 0 Å². The molecule has 0 fully saturated rings. The lowest BCUT2D eigenvalue weighted by atomic mass is 9.88. The number of fused-ring (bicyclic) bond motifs is 3. The smallest absolute Gasteiger partial charge is 0.0529 e. The van der Waals surface area contributed by atoms with Crippen LogP contribution in [0.25, 0.3) is 28.3 Å². The van der Waals surface area contributed by atoms with Crippen molar-refractivity contribution in [2.75, 3.05) is 36.0 Å². The molecule has 0 saturated carbocycles.